The molecule has 4 aliphatic rings. The van der Waals surface area contributed by atoms with Crippen molar-refractivity contribution in [2.24, 2.45) is 17.8 Å². The molecule has 4 fully saturated rings. The Morgan fingerprint density at radius 1 is 0.857 bits per heavy atom. The van der Waals surface area contributed by atoms with Gasteiger partial charge in [0, 0.05) is 5.56 Å². The van der Waals surface area contributed by atoms with Crippen molar-refractivity contribution in [1.29, 1.82) is 0 Å². The van der Waals surface area contributed by atoms with Crippen LogP contribution in [0.15, 0.2) is 42.5 Å². The smallest absolute Gasteiger partial charge is 0.335 e. The van der Waals surface area contributed by atoms with E-state index in [2.05, 4.69) is 12.1 Å². The third kappa shape index (κ3) is 3.03. The number of carboxylic acids is 1. The van der Waals surface area contributed by atoms with E-state index < -0.39 is 5.97 Å². The summed E-state index contributed by atoms with van der Waals surface area (Å²) in [6.45, 7) is 0. The van der Waals surface area contributed by atoms with Crippen molar-refractivity contribution in [2.45, 2.75) is 43.9 Å². The molecular weight excluding hydrogens is 348 g/mol. The first kappa shape index (κ1) is 17.5. The Balaban J connectivity index is 1.43. The van der Waals surface area contributed by atoms with Crippen LogP contribution in [0.5, 0.6) is 5.75 Å². The minimum absolute atomic E-state index is 0.172. The Kier molecular flexibility index (Phi) is 4.08. The first-order valence-electron chi connectivity index (χ1n) is 10.4. The minimum atomic E-state index is -0.908. The second kappa shape index (κ2) is 6.51. The van der Waals surface area contributed by atoms with E-state index in [0.29, 0.717) is 11.3 Å². The van der Waals surface area contributed by atoms with Crippen LogP contribution in [0.2, 0.25) is 0 Å². The fourth-order valence-corrected chi connectivity index (χ4v) is 6.45. The van der Waals surface area contributed by atoms with Gasteiger partial charge in [0.2, 0.25) is 0 Å². The molecule has 2 aromatic rings. The largest absolute Gasteiger partial charge is 0.508 e. The lowest BCUT2D eigenvalue weighted by Gasteiger charge is -2.57. The van der Waals surface area contributed by atoms with Crippen molar-refractivity contribution < 1.29 is 15.0 Å². The summed E-state index contributed by atoms with van der Waals surface area (Å²) in [6, 6.07) is 12.9. The van der Waals surface area contributed by atoms with Crippen LogP contribution in [-0.4, -0.2) is 16.2 Å². The molecule has 0 atom stereocenters. The van der Waals surface area contributed by atoms with E-state index in [0.717, 1.165) is 34.4 Å². The minimum Gasteiger partial charge on any atom is -0.508 e. The van der Waals surface area contributed by atoms with Crippen molar-refractivity contribution in [2.75, 3.05) is 0 Å². The molecule has 4 saturated carbocycles. The van der Waals surface area contributed by atoms with Gasteiger partial charge < -0.3 is 10.2 Å². The summed E-state index contributed by atoms with van der Waals surface area (Å²) >= 11 is 0. The van der Waals surface area contributed by atoms with E-state index in [4.69, 9.17) is 5.11 Å². The predicted molar refractivity (Wildman–Crippen MR) is 110 cm³/mol. The predicted octanol–water partition coefficient (Wildman–Crippen LogP) is 5.73. The van der Waals surface area contributed by atoms with Gasteiger partial charge in [-0.2, -0.15) is 0 Å². The number of hydrogen-bond acceptors (Lipinski definition) is 2. The van der Waals surface area contributed by atoms with Gasteiger partial charge in [0.05, 0.1) is 5.56 Å². The highest BCUT2D eigenvalue weighted by Crippen LogP contribution is 2.61. The highest BCUT2D eigenvalue weighted by atomic mass is 16.4. The third-order valence-electron chi connectivity index (χ3n) is 7.26. The maximum absolute atomic E-state index is 11.0. The summed E-state index contributed by atoms with van der Waals surface area (Å²) in [5.41, 5.74) is 3.67. The number of carboxylic acid groups (broad SMARTS) is 1. The van der Waals surface area contributed by atoms with E-state index in [1.807, 2.05) is 30.3 Å². The van der Waals surface area contributed by atoms with E-state index in [-0.39, 0.29) is 5.41 Å². The maximum atomic E-state index is 11.0. The van der Waals surface area contributed by atoms with E-state index in [1.54, 1.807) is 12.1 Å². The number of carbonyl (C=O) groups is 1. The van der Waals surface area contributed by atoms with Crippen molar-refractivity contribution in [3.8, 4) is 5.75 Å². The molecule has 4 aliphatic carbocycles. The number of aromatic carboxylic acids is 1. The average molecular weight is 374 g/mol. The molecule has 2 N–H and O–H groups in total. The first-order chi connectivity index (χ1) is 13.5. The fraction of sp³-hybridized carbons (Fsp3) is 0.400. The summed E-state index contributed by atoms with van der Waals surface area (Å²) in [6.07, 6.45) is 11.9. The molecule has 0 radical (unpaired) electrons. The van der Waals surface area contributed by atoms with Crippen LogP contribution in [0.1, 0.15) is 65.6 Å². The van der Waals surface area contributed by atoms with Crippen LogP contribution in [0.3, 0.4) is 0 Å². The van der Waals surface area contributed by atoms with Crippen molar-refractivity contribution >= 4 is 18.1 Å². The molecule has 144 valence electrons. The number of rotatable bonds is 4. The Bertz CT molecular complexity index is 903. The maximum Gasteiger partial charge on any atom is 0.335 e. The number of aromatic hydroxyl groups is 1. The van der Waals surface area contributed by atoms with Gasteiger partial charge in [-0.25, -0.2) is 4.79 Å². The van der Waals surface area contributed by atoms with Gasteiger partial charge >= 0.3 is 5.97 Å². The van der Waals surface area contributed by atoms with Gasteiger partial charge in [0.15, 0.2) is 0 Å². The molecule has 4 bridgehead atoms. The molecule has 2 aromatic carbocycles. The monoisotopic (exact) mass is 374 g/mol. The molecular formula is C25H26O3. The van der Waals surface area contributed by atoms with Crippen LogP contribution in [0, 0.1) is 17.8 Å². The summed E-state index contributed by atoms with van der Waals surface area (Å²) in [5.74, 6) is 2.08. The lowest BCUT2D eigenvalue weighted by atomic mass is 9.48. The van der Waals surface area contributed by atoms with Gasteiger partial charge in [-0.1, -0.05) is 30.4 Å². The molecule has 6 rings (SSSR count). The summed E-state index contributed by atoms with van der Waals surface area (Å²) < 4.78 is 0. The summed E-state index contributed by atoms with van der Waals surface area (Å²) in [7, 11) is 0. The van der Waals surface area contributed by atoms with E-state index >= 15 is 0 Å². The second-order valence-corrected chi connectivity index (χ2v) is 9.23. The standard InChI is InChI=1S/C25H26O3/c26-23-8-5-17(2-1-16-3-6-21(7-4-16)24(27)28)12-22(23)25-13-18-9-19(14-25)11-20(10-18)15-25/h1-8,12,18-20,26H,9-11,13-15H2,(H,27,28). The second-order valence-electron chi connectivity index (χ2n) is 9.23. The Labute approximate surface area is 165 Å². The van der Waals surface area contributed by atoms with Crippen molar-refractivity contribution in [1.82, 2.24) is 0 Å². The number of benzene rings is 2. The highest BCUT2D eigenvalue weighted by Gasteiger charge is 2.52. The molecule has 0 saturated heterocycles. The average Bonchev–Trinajstić information content (AvgIpc) is 2.66. The highest BCUT2D eigenvalue weighted by molar-refractivity contribution is 5.88. The Morgan fingerprint density at radius 2 is 1.39 bits per heavy atom. The number of hydrogen-bond donors (Lipinski definition) is 2. The summed E-state index contributed by atoms with van der Waals surface area (Å²) in [4.78, 5) is 11.0. The van der Waals surface area contributed by atoms with Crippen molar-refractivity contribution in [3.05, 3.63) is 64.7 Å². The van der Waals surface area contributed by atoms with Crippen LogP contribution < -0.4 is 0 Å². The molecule has 28 heavy (non-hydrogen) atoms. The van der Waals surface area contributed by atoms with Crippen LogP contribution in [0.4, 0.5) is 0 Å². The fourth-order valence-electron chi connectivity index (χ4n) is 6.45. The molecule has 3 nitrogen and oxygen atoms in total. The molecule has 0 unspecified atom stereocenters. The van der Waals surface area contributed by atoms with Crippen molar-refractivity contribution in [3.63, 3.8) is 0 Å². The topological polar surface area (TPSA) is 57.5 Å². The van der Waals surface area contributed by atoms with Crippen LogP contribution in [-0.2, 0) is 5.41 Å². The number of phenolic OH excluding ortho intramolecular Hbond substituents is 1. The zero-order valence-electron chi connectivity index (χ0n) is 16.0. The molecule has 3 heteroatoms. The lowest BCUT2D eigenvalue weighted by molar-refractivity contribution is -0.00614. The molecule has 0 heterocycles. The van der Waals surface area contributed by atoms with Crippen LogP contribution >= 0.6 is 0 Å². The Morgan fingerprint density at radius 3 is 1.96 bits per heavy atom. The van der Waals surface area contributed by atoms with Gasteiger partial charge in [0.25, 0.3) is 0 Å². The van der Waals surface area contributed by atoms with E-state index in [9.17, 15) is 9.90 Å². The SMILES string of the molecule is O=C(O)c1ccc(C=Cc2ccc(O)c(C34CC5CC(CC(C5)C3)C4)c2)cc1. The van der Waals surface area contributed by atoms with Gasteiger partial charge in [0.1, 0.15) is 5.75 Å². The quantitative estimate of drug-likeness (QED) is 0.672. The third-order valence-corrected chi connectivity index (χ3v) is 7.26. The van der Waals surface area contributed by atoms with E-state index in [1.165, 1.54) is 38.5 Å². The summed E-state index contributed by atoms with van der Waals surface area (Å²) in [5, 5.41) is 19.7. The van der Waals surface area contributed by atoms with Gasteiger partial charge in [-0.3, -0.25) is 0 Å². The van der Waals surface area contributed by atoms with Gasteiger partial charge in [-0.15, -0.1) is 0 Å². The molecule has 0 aromatic heterocycles. The van der Waals surface area contributed by atoms with Gasteiger partial charge in [-0.05, 0) is 97.1 Å². The Hall–Kier alpha value is -2.55. The zero-order chi connectivity index (χ0) is 19.3. The zero-order valence-corrected chi connectivity index (χ0v) is 16.0. The molecule has 0 spiro atoms. The normalized spacial score (nSPS) is 30.8. The molecule has 0 aliphatic heterocycles. The first-order valence-corrected chi connectivity index (χ1v) is 10.4. The lowest BCUT2D eigenvalue weighted by Crippen LogP contribution is -2.48. The van der Waals surface area contributed by atoms with Crippen LogP contribution in [0.25, 0.3) is 12.2 Å². The number of phenols is 1. The molecule has 0 amide bonds.